The molecule has 18 nitrogen and oxygen atoms in total. The van der Waals surface area contributed by atoms with Crippen molar-refractivity contribution >= 4 is 41.5 Å². The van der Waals surface area contributed by atoms with E-state index in [0.29, 0.717) is 31.2 Å². The number of phenolic OH excluding ortho intramolecular Hbond substituents is 3. The average molecular weight is 930 g/mol. The Morgan fingerprint density at radius 3 is 1.69 bits per heavy atom. The summed E-state index contributed by atoms with van der Waals surface area (Å²) in [7, 11) is 1.46. The van der Waals surface area contributed by atoms with Gasteiger partial charge in [-0.25, -0.2) is 9.59 Å². The molecule has 0 bridgehead atoms. The Balaban J connectivity index is 1.71. The molecular formula is C49H67N7O11. The Morgan fingerprint density at radius 1 is 0.672 bits per heavy atom. The molecular weight excluding hydrogens is 863 g/mol. The molecule has 1 aliphatic rings. The van der Waals surface area contributed by atoms with Crippen LogP contribution < -0.4 is 31.9 Å². The normalized spacial score (nSPS) is 21.7. The van der Waals surface area contributed by atoms with Crippen molar-refractivity contribution in [3.05, 3.63) is 89.5 Å². The van der Waals surface area contributed by atoms with Crippen LogP contribution in [0.3, 0.4) is 0 Å². The summed E-state index contributed by atoms with van der Waals surface area (Å²) in [6, 6.07) is 10.4. The molecule has 1 fully saturated rings. The molecule has 7 amide bonds. The highest BCUT2D eigenvalue weighted by Gasteiger charge is 2.37. The number of carboxylic acid groups (broad SMARTS) is 1. The molecule has 1 heterocycles. The molecule has 67 heavy (non-hydrogen) atoms. The lowest BCUT2D eigenvalue weighted by Crippen LogP contribution is -2.61. The van der Waals surface area contributed by atoms with Gasteiger partial charge < -0.3 is 57.2 Å². The van der Waals surface area contributed by atoms with Crippen LogP contribution >= 0.6 is 0 Å². The van der Waals surface area contributed by atoms with Crippen LogP contribution in [0.5, 0.6) is 17.2 Å². The Kier molecular flexibility index (Phi) is 20.3. The second-order valence-electron chi connectivity index (χ2n) is 17.4. The monoisotopic (exact) mass is 929 g/mol. The minimum absolute atomic E-state index is 0.0182. The van der Waals surface area contributed by atoms with E-state index < -0.39 is 83.7 Å². The molecule has 3 aromatic carbocycles. The van der Waals surface area contributed by atoms with Crippen molar-refractivity contribution in [2.45, 2.75) is 128 Å². The maximum Gasteiger partial charge on any atom is 0.326 e. The smallest absolute Gasteiger partial charge is 0.326 e. The van der Waals surface area contributed by atoms with Crippen LogP contribution in [0.4, 0.5) is 4.79 Å². The summed E-state index contributed by atoms with van der Waals surface area (Å²) in [4.78, 5) is 98.7. The molecule has 1 unspecified atom stereocenters. The fraction of sp³-hybridized carbons (Fsp3) is 0.490. The van der Waals surface area contributed by atoms with E-state index in [1.807, 2.05) is 20.8 Å². The lowest BCUT2D eigenvalue weighted by molar-refractivity contribution is -0.143. The first-order chi connectivity index (χ1) is 31.9. The molecule has 1 saturated heterocycles. The summed E-state index contributed by atoms with van der Waals surface area (Å²) in [6.45, 7) is 7.41. The van der Waals surface area contributed by atoms with Crippen molar-refractivity contribution in [1.82, 2.24) is 36.8 Å². The van der Waals surface area contributed by atoms with Crippen LogP contribution in [-0.4, -0.2) is 117 Å². The van der Waals surface area contributed by atoms with Gasteiger partial charge in [-0.05, 0) is 110 Å². The average Bonchev–Trinajstić information content (AvgIpc) is 3.30. The quantitative estimate of drug-likeness (QED) is 0.106. The van der Waals surface area contributed by atoms with Gasteiger partial charge in [0, 0.05) is 20.0 Å². The van der Waals surface area contributed by atoms with Crippen molar-refractivity contribution in [2.24, 2.45) is 11.8 Å². The molecule has 3 aromatic rings. The first kappa shape index (κ1) is 52.8. The van der Waals surface area contributed by atoms with Gasteiger partial charge in [0.1, 0.15) is 53.5 Å². The third-order valence-electron chi connectivity index (χ3n) is 12.4. The number of carboxylic acids is 1. The topological polar surface area (TPSA) is 276 Å². The summed E-state index contributed by atoms with van der Waals surface area (Å²) < 4.78 is 0. The zero-order valence-electron chi connectivity index (χ0n) is 38.9. The standard InChI is InChI=1S/C49H67N7O11/c1-6-29(3)41-45(62)50-27-9-8-10-37(52-49(67)53-39(48(65)66)28-33-15-23-36(59)24-16-33)43(60)54-42(30(4)7-2)46(63)51-38(25-17-31-11-19-34(57)20-12-31)47(64)56(5)40(44(61)55-41)26-18-32-13-21-35(58)22-14-32/h11-16,19-24,29-30,37-42,57-59H,6-10,17-18,25-28H2,1-5H3,(H,50,62)(H,51,63)(H,54,60)(H,55,61)(H,65,66)(H2,52,53,67)/t29-,30-,37+,38-,39-,40-,41?,42-/m0/s1. The number of aromatic hydroxyl groups is 3. The summed E-state index contributed by atoms with van der Waals surface area (Å²) in [5.74, 6) is -5.17. The Morgan fingerprint density at radius 2 is 1.16 bits per heavy atom. The predicted octanol–water partition coefficient (Wildman–Crippen LogP) is 3.41. The molecule has 0 spiro atoms. The van der Waals surface area contributed by atoms with Gasteiger partial charge >= 0.3 is 12.0 Å². The van der Waals surface area contributed by atoms with E-state index >= 15 is 0 Å². The summed E-state index contributed by atoms with van der Waals surface area (Å²) in [5.41, 5.74) is 2.04. The summed E-state index contributed by atoms with van der Waals surface area (Å²) >= 11 is 0. The third kappa shape index (κ3) is 16.2. The largest absolute Gasteiger partial charge is 0.508 e. The van der Waals surface area contributed by atoms with E-state index in [2.05, 4.69) is 31.9 Å². The number of rotatable bonds is 15. The number of carbonyl (C=O) groups excluding carboxylic acids is 6. The van der Waals surface area contributed by atoms with E-state index in [0.717, 1.165) is 11.1 Å². The van der Waals surface area contributed by atoms with Gasteiger partial charge in [0.05, 0.1) is 0 Å². The van der Waals surface area contributed by atoms with Crippen LogP contribution in [-0.2, 0) is 48.0 Å². The molecule has 1 aliphatic heterocycles. The lowest BCUT2D eigenvalue weighted by Gasteiger charge is -2.34. The van der Waals surface area contributed by atoms with E-state index in [1.54, 1.807) is 31.2 Å². The number of nitrogens with one attached hydrogen (secondary N) is 6. The number of nitrogens with zero attached hydrogens (tertiary/aromatic N) is 1. The van der Waals surface area contributed by atoms with E-state index in [1.165, 1.54) is 60.5 Å². The van der Waals surface area contributed by atoms with Gasteiger partial charge in [-0.2, -0.15) is 0 Å². The second kappa shape index (κ2) is 25.7. The van der Waals surface area contributed by atoms with Crippen molar-refractivity contribution in [1.29, 1.82) is 0 Å². The molecule has 8 atom stereocenters. The van der Waals surface area contributed by atoms with Crippen LogP contribution in [0.2, 0.25) is 0 Å². The molecule has 0 aliphatic carbocycles. The number of aliphatic carboxylic acids is 1. The maximum atomic E-state index is 14.8. The van der Waals surface area contributed by atoms with Crippen LogP contribution in [0.1, 0.15) is 89.3 Å². The van der Waals surface area contributed by atoms with Gasteiger partial charge in [-0.1, -0.05) is 76.9 Å². The van der Waals surface area contributed by atoms with Gasteiger partial charge in [-0.3, -0.25) is 24.0 Å². The zero-order valence-corrected chi connectivity index (χ0v) is 38.9. The number of likely N-dealkylation sites (N-methyl/N-ethyl adjacent to an activating group) is 1. The van der Waals surface area contributed by atoms with Gasteiger partial charge in [-0.15, -0.1) is 0 Å². The van der Waals surface area contributed by atoms with Crippen molar-refractivity contribution in [3.63, 3.8) is 0 Å². The number of hydrogen-bond donors (Lipinski definition) is 10. The SMILES string of the molecule is CC[C@H](C)C1NC(=O)[C@H](CCc2ccc(O)cc2)N(C)C(=O)[C@H](CCc2ccc(O)cc2)NC(=O)[C@H]([C@@H](C)CC)NC(=O)[C@H](NC(=O)N[C@@H](Cc2ccc(O)cc2)C(=O)O)CCCCNC1=O. The predicted molar refractivity (Wildman–Crippen MR) is 250 cm³/mol. The molecule has 18 heteroatoms. The Hall–Kier alpha value is -6.85. The minimum Gasteiger partial charge on any atom is -0.508 e. The van der Waals surface area contributed by atoms with Crippen molar-refractivity contribution in [2.75, 3.05) is 13.6 Å². The molecule has 4 rings (SSSR count). The molecule has 10 N–H and O–H groups in total. The van der Waals surface area contributed by atoms with Crippen molar-refractivity contribution in [3.8, 4) is 17.2 Å². The summed E-state index contributed by atoms with van der Waals surface area (Å²) in [5, 5.41) is 55.8. The Labute approximate surface area is 391 Å². The number of carbonyl (C=O) groups is 7. The number of aryl methyl sites for hydroxylation is 2. The highest BCUT2D eigenvalue weighted by Crippen LogP contribution is 2.20. The van der Waals surface area contributed by atoms with Gasteiger partial charge in [0.15, 0.2) is 0 Å². The zero-order chi connectivity index (χ0) is 49.2. The molecule has 0 saturated carbocycles. The maximum absolute atomic E-state index is 14.8. The molecule has 0 radical (unpaired) electrons. The fourth-order valence-electron chi connectivity index (χ4n) is 7.76. The number of hydrogen-bond acceptors (Lipinski definition) is 10. The lowest BCUT2D eigenvalue weighted by atomic mass is 9.95. The molecule has 364 valence electrons. The first-order valence-electron chi connectivity index (χ1n) is 23.0. The third-order valence-corrected chi connectivity index (χ3v) is 12.4. The number of amides is 7. The molecule has 0 aromatic heterocycles. The van der Waals surface area contributed by atoms with Crippen LogP contribution in [0, 0.1) is 11.8 Å². The van der Waals surface area contributed by atoms with Crippen LogP contribution in [0.15, 0.2) is 72.8 Å². The van der Waals surface area contributed by atoms with E-state index in [4.69, 9.17) is 0 Å². The van der Waals surface area contributed by atoms with Crippen LogP contribution in [0.25, 0.3) is 0 Å². The van der Waals surface area contributed by atoms with Crippen molar-refractivity contribution < 1.29 is 54.0 Å². The minimum atomic E-state index is -1.41. The number of phenols is 3. The number of benzene rings is 3. The van der Waals surface area contributed by atoms with Gasteiger partial charge in [0.2, 0.25) is 29.5 Å². The highest BCUT2D eigenvalue weighted by molar-refractivity contribution is 5.96. The summed E-state index contributed by atoms with van der Waals surface area (Å²) in [6.07, 6.45) is 2.18. The second-order valence-corrected chi connectivity index (χ2v) is 17.4. The number of urea groups is 1. The highest BCUT2D eigenvalue weighted by atomic mass is 16.4. The first-order valence-corrected chi connectivity index (χ1v) is 23.0. The Bertz CT molecular complexity index is 2140. The van der Waals surface area contributed by atoms with E-state index in [9.17, 15) is 54.0 Å². The fourth-order valence-corrected chi connectivity index (χ4v) is 7.76. The van der Waals surface area contributed by atoms with Gasteiger partial charge in [0.25, 0.3) is 0 Å². The van der Waals surface area contributed by atoms with E-state index in [-0.39, 0.29) is 68.2 Å².